The molecule has 1 fully saturated rings. The highest BCUT2D eigenvalue weighted by Gasteiger charge is 2.62. The molecule has 4 atom stereocenters. The molecule has 7 rings (SSSR count). The van der Waals surface area contributed by atoms with Crippen molar-refractivity contribution < 1.29 is 24.0 Å². The molecule has 1 amide bonds. The number of anilines is 2. The Morgan fingerprint density at radius 3 is 2.48 bits per heavy atom. The van der Waals surface area contributed by atoms with Crippen LogP contribution in [0, 0.1) is 5.41 Å². The molecule has 0 saturated carbocycles. The summed E-state index contributed by atoms with van der Waals surface area (Å²) in [7, 11) is 1.45. The number of aromatic carboxylic acids is 1. The largest absolute Gasteiger partial charge is 0.495 e. The minimum absolute atomic E-state index is 0.0552. The second kappa shape index (κ2) is 14.0. The highest BCUT2D eigenvalue weighted by molar-refractivity contribution is 6.31. The lowest BCUT2D eigenvalue weighted by molar-refractivity contribution is -0.118. The molecule has 3 N–H and O–H groups in total. The Hall–Kier alpha value is -4.83. The topological polar surface area (TPSA) is 117 Å². The van der Waals surface area contributed by atoms with E-state index in [-0.39, 0.29) is 28.7 Å². The van der Waals surface area contributed by atoms with Crippen LogP contribution in [-0.2, 0) is 16.8 Å². The monoisotopic (exact) mass is 738 g/mol. The number of fused-ring (bicyclic) bond motifs is 2. The van der Waals surface area contributed by atoms with Crippen LogP contribution in [0.5, 0.6) is 5.75 Å². The van der Waals surface area contributed by atoms with Gasteiger partial charge in [-0.1, -0.05) is 91.6 Å². The molecule has 11 heteroatoms. The van der Waals surface area contributed by atoms with Crippen molar-refractivity contribution in [3.05, 3.63) is 130 Å². The number of amides is 1. The van der Waals surface area contributed by atoms with Gasteiger partial charge in [-0.25, -0.2) is 4.79 Å². The molecule has 1 aromatic heterocycles. The standard InChI is InChI=1S/C41H40Cl2N4O5/c1-40(2,3)19-35-41(23-47(33-16-14-28(42)18-30(33)41)21-24-9-11-25(12-10-24)27-20-44-52-22-27)36(29-7-5-6-8-31(29)43)37(46-35)38(48)45-32-15-13-26(39(49)50)17-34(32)51-4/h5-18,20,22,35-37,46H,19,21,23H2,1-4H3,(H,45,48)(H,49,50)/t35-,36-,37+,41-/m0/s1. The third-order valence-electron chi connectivity index (χ3n) is 10.3. The second-order valence-electron chi connectivity index (χ2n) is 14.8. The Bertz CT molecular complexity index is 2110. The number of nitrogens with zero attached hydrogens (tertiary/aromatic N) is 2. The first-order valence-electron chi connectivity index (χ1n) is 17.1. The minimum Gasteiger partial charge on any atom is -0.495 e. The number of halogens is 2. The molecule has 0 aliphatic carbocycles. The zero-order valence-corrected chi connectivity index (χ0v) is 30.8. The zero-order valence-electron chi connectivity index (χ0n) is 29.3. The maximum atomic E-state index is 14.7. The number of benzene rings is 4. The summed E-state index contributed by atoms with van der Waals surface area (Å²) >= 11 is 13.9. The second-order valence-corrected chi connectivity index (χ2v) is 15.7. The lowest BCUT2D eigenvalue weighted by Gasteiger charge is -2.40. The highest BCUT2D eigenvalue weighted by atomic mass is 35.5. The third kappa shape index (κ3) is 6.64. The van der Waals surface area contributed by atoms with Crippen LogP contribution in [0.3, 0.4) is 0 Å². The van der Waals surface area contributed by atoms with E-state index in [1.807, 2.05) is 30.3 Å². The van der Waals surface area contributed by atoms with Gasteiger partial charge in [0.1, 0.15) is 12.0 Å². The Morgan fingerprint density at radius 2 is 1.81 bits per heavy atom. The molecule has 1 spiro atoms. The lowest BCUT2D eigenvalue weighted by Crippen LogP contribution is -2.48. The molecule has 2 aliphatic heterocycles. The van der Waals surface area contributed by atoms with E-state index >= 15 is 0 Å². The number of rotatable bonds is 9. The molecule has 5 aromatic rings. The van der Waals surface area contributed by atoms with E-state index in [0.29, 0.717) is 28.8 Å². The fraction of sp³-hybridized carbons (Fsp3) is 0.293. The van der Waals surface area contributed by atoms with Gasteiger partial charge in [0.2, 0.25) is 5.91 Å². The van der Waals surface area contributed by atoms with Gasteiger partial charge in [-0.15, -0.1) is 0 Å². The Balaban J connectivity index is 1.34. The van der Waals surface area contributed by atoms with Crippen molar-refractivity contribution in [1.82, 2.24) is 10.5 Å². The van der Waals surface area contributed by atoms with Crippen molar-refractivity contribution >= 4 is 46.5 Å². The van der Waals surface area contributed by atoms with Gasteiger partial charge < -0.3 is 29.9 Å². The molecule has 2 aliphatic rings. The molecule has 4 aromatic carbocycles. The molecule has 1 saturated heterocycles. The number of carboxylic acid groups (broad SMARTS) is 1. The van der Waals surface area contributed by atoms with Crippen molar-refractivity contribution in [2.24, 2.45) is 5.41 Å². The van der Waals surface area contributed by atoms with E-state index in [1.54, 1.807) is 18.5 Å². The lowest BCUT2D eigenvalue weighted by atomic mass is 9.63. The van der Waals surface area contributed by atoms with Crippen molar-refractivity contribution in [2.75, 3.05) is 23.9 Å². The van der Waals surface area contributed by atoms with Crippen LogP contribution in [0.4, 0.5) is 11.4 Å². The summed E-state index contributed by atoms with van der Waals surface area (Å²) in [5, 5.41) is 21.5. The molecule has 0 bridgehead atoms. The quantitative estimate of drug-likeness (QED) is 0.137. The Morgan fingerprint density at radius 1 is 1.04 bits per heavy atom. The summed E-state index contributed by atoms with van der Waals surface area (Å²) in [6.45, 7) is 7.84. The number of methoxy groups -OCH3 is 1. The number of nitrogens with one attached hydrogen (secondary N) is 2. The Kier molecular flexibility index (Phi) is 9.54. The first-order valence-corrected chi connectivity index (χ1v) is 17.9. The maximum Gasteiger partial charge on any atom is 0.335 e. The predicted molar refractivity (Wildman–Crippen MR) is 204 cm³/mol. The number of hydrogen-bond acceptors (Lipinski definition) is 7. The number of ether oxygens (including phenoxy) is 1. The van der Waals surface area contributed by atoms with Crippen LogP contribution in [-0.4, -0.2) is 47.9 Å². The van der Waals surface area contributed by atoms with Gasteiger partial charge in [0.15, 0.2) is 0 Å². The molecule has 3 heterocycles. The van der Waals surface area contributed by atoms with Gasteiger partial charge in [-0.2, -0.15) is 0 Å². The van der Waals surface area contributed by atoms with E-state index in [1.165, 1.54) is 19.2 Å². The van der Waals surface area contributed by atoms with Crippen molar-refractivity contribution in [1.29, 1.82) is 0 Å². The first-order chi connectivity index (χ1) is 24.9. The molecule has 52 heavy (non-hydrogen) atoms. The van der Waals surface area contributed by atoms with Crippen molar-refractivity contribution in [3.63, 3.8) is 0 Å². The van der Waals surface area contributed by atoms with Gasteiger partial charge in [0, 0.05) is 51.8 Å². The molecular weight excluding hydrogens is 699 g/mol. The third-order valence-corrected chi connectivity index (χ3v) is 10.9. The van der Waals surface area contributed by atoms with Crippen LogP contribution in [0.1, 0.15) is 60.2 Å². The van der Waals surface area contributed by atoms with E-state index in [4.69, 9.17) is 32.5 Å². The minimum atomic E-state index is -1.09. The van der Waals surface area contributed by atoms with Crippen LogP contribution < -0.4 is 20.3 Å². The number of carbonyl (C=O) groups is 2. The predicted octanol–water partition coefficient (Wildman–Crippen LogP) is 8.81. The highest BCUT2D eigenvalue weighted by Crippen LogP contribution is 2.59. The zero-order chi connectivity index (χ0) is 36.8. The van der Waals surface area contributed by atoms with Gasteiger partial charge >= 0.3 is 5.97 Å². The van der Waals surface area contributed by atoms with E-state index < -0.39 is 23.3 Å². The average Bonchev–Trinajstić information content (AvgIpc) is 3.83. The summed E-state index contributed by atoms with van der Waals surface area (Å²) in [5.41, 5.74) is 5.70. The number of carbonyl (C=O) groups excluding carboxylic acids is 1. The van der Waals surface area contributed by atoms with Gasteiger partial charge in [0.25, 0.3) is 0 Å². The number of hydrogen-bond donors (Lipinski definition) is 3. The Labute approximate surface area is 312 Å². The summed E-state index contributed by atoms with van der Waals surface area (Å²) < 4.78 is 10.6. The average molecular weight is 740 g/mol. The number of aromatic nitrogens is 1. The van der Waals surface area contributed by atoms with Crippen molar-refractivity contribution in [2.45, 2.75) is 57.2 Å². The van der Waals surface area contributed by atoms with Gasteiger partial charge in [-0.3, -0.25) is 4.79 Å². The molecule has 0 radical (unpaired) electrons. The van der Waals surface area contributed by atoms with Crippen LogP contribution in [0.15, 0.2) is 102 Å². The van der Waals surface area contributed by atoms with Crippen molar-refractivity contribution in [3.8, 4) is 16.9 Å². The van der Waals surface area contributed by atoms with Gasteiger partial charge in [0.05, 0.1) is 30.6 Å². The van der Waals surface area contributed by atoms with Crippen LogP contribution in [0.25, 0.3) is 11.1 Å². The summed E-state index contributed by atoms with van der Waals surface area (Å²) in [4.78, 5) is 28.8. The number of carboxylic acids is 1. The van der Waals surface area contributed by atoms with E-state index in [0.717, 1.165) is 39.9 Å². The SMILES string of the molecule is COc1cc(C(=O)O)ccc1NC(=O)[C@@H]1N[C@@H](CC(C)(C)C)[C@@]2(CN(Cc3ccc(-c4cnoc4)cc3)c3ccc(Cl)cc32)[C@H]1c1ccccc1Cl. The smallest absolute Gasteiger partial charge is 0.335 e. The fourth-order valence-electron chi connectivity index (χ4n) is 8.10. The van der Waals surface area contributed by atoms with E-state index in [2.05, 4.69) is 77.9 Å². The molecule has 268 valence electrons. The molecule has 9 nitrogen and oxygen atoms in total. The summed E-state index contributed by atoms with van der Waals surface area (Å²) in [5.74, 6) is -1.54. The molecular formula is C41H40Cl2N4O5. The molecule has 0 unspecified atom stereocenters. The normalized spacial score (nSPS) is 21.0. The van der Waals surface area contributed by atoms with Crippen LogP contribution >= 0.6 is 23.2 Å². The summed E-state index contributed by atoms with van der Waals surface area (Å²) in [6, 6.07) is 25.7. The van der Waals surface area contributed by atoms with Crippen LogP contribution in [0.2, 0.25) is 10.0 Å². The first kappa shape index (κ1) is 35.6. The maximum absolute atomic E-state index is 14.7. The summed E-state index contributed by atoms with van der Waals surface area (Å²) in [6.07, 6.45) is 4.08. The fourth-order valence-corrected chi connectivity index (χ4v) is 8.52. The van der Waals surface area contributed by atoms with Gasteiger partial charge in [-0.05, 0) is 76.6 Å². The van der Waals surface area contributed by atoms with E-state index in [9.17, 15) is 14.7 Å².